The summed E-state index contributed by atoms with van der Waals surface area (Å²) in [6.07, 6.45) is 2.00. The summed E-state index contributed by atoms with van der Waals surface area (Å²) >= 11 is 0. The minimum Gasteiger partial charge on any atom is -0.489 e. The van der Waals surface area contributed by atoms with E-state index in [1.807, 2.05) is 66.9 Å². The Morgan fingerprint density at radius 1 is 0.920 bits per heavy atom. The van der Waals surface area contributed by atoms with Gasteiger partial charge in [-0.05, 0) is 60.5 Å². The van der Waals surface area contributed by atoms with Crippen LogP contribution in [0.5, 0.6) is 5.75 Å². The summed E-state index contributed by atoms with van der Waals surface area (Å²) < 4.78 is 21.5. The van der Waals surface area contributed by atoms with E-state index >= 15 is 0 Å². The molecule has 1 aromatic heterocycles. The zero-order chi connectivity index (χ0) is 17.2. The van der Waals surface area contributed by atoms with E-state index in [4.69, 9.17) is 4.74 Å². The van der Waals surface area contributed by atoms with Crippen molar-refractivity contribution in [3.63, 3.8) is 0 Å². The largest absolute Gasteiger partial charge is 0.489 e. The zero-order valence-electron chi connectivity index (χ0n) is 13.9. The molecule has 1 heterocycles. The number of ether oxygens (including phenoxy) is 1. The van der Waals surface area contributed by atoms with E-state index in [0.717, 1.165) is 27.9 Å². The van der Waals surface area contributed by atoms with Crippen molar-refractivity contribution in [3.05, 3.63) is 95.9 Å². The maximum Gasteiger partial charge on any atom is 0.126 e. The molecule has 25 heavy (non-hydrogen) atoms. The third kappa shape index (κ3) is 3.13. The number of aryl methyl sites for hydroxylation is 1. The van der Waals surface area contributed by atoms with Crippen LogP contribution in [-0.2, 0) is 6.61 Å². The molecule has 0 saturated heterocycles. The van der Waals surface area contributed by atoms with Gasteiger partial charge in [0.25, 0.3) is 0 Å². The van der Waals surface area contributed by atoms with Crippen LogP contribution >= 0.6 is 0 Å². The fraction of sp³-hybridized carbons (Fsp3) is 0.0909. The first kappa shape index (κ1) is 15.5. The smallest absolute Gasteiger partial charge is 0.126 e. The van der Waals surface area contributed by atoms with Gasteiger partial charge in [0.1, 0.15) is 18.2 Å². The highest BCUT2D eigenvalue weighted by Crippen LogP contribution is 2.26. The Hall–Kier alpha value is -3.07. The SMILES string of the molecule is Cc1cc(-n2ccc3cc(OCc4ccccc4)ccc32)ccc1F. The molecule has 0 saturated carbocycles. The van der Waals surface area contributed by atoms with Crippen LogP contribution in [0.3, 0.4) is 0 Å². The molecule has 0 atom stereocenters. The molecule has 0 fully saturated rings. The van der Waals surface area contributed by atoms with E-state index in [1.54, 1.807) is 13.0 Å². The molecular formula is C22H18FNO. The van der Waals surface area contributed by atoms with Gasteiger partial charge in [0.05, 0.1) is 5.52 Å². The quantitative estimate of drug-likeness (QED) is 0.471. The standard InChI is InChI=1S/C22H18FNO/c1-16-13-19(7-9-21(16)23)24-12-11-18-14-20(8-10-22(18)24)25-15-17-5-3-2-4-6-17/h2-14H,15H2,1H3. The van der Waals surface area contributed by atoms with Gasteiger partial charge in [-0.2, -0.15) is 0 Å². The second-order valence-corrected chi connectivity index (χ2v) is 6.11. The number of rotatable bonds is 4. The van der Waals surface area contributed by atoms with Gasteiger partial charge in [-0.3, -0.25) is 0 Å². The van der Waals surface area contributed by atoms with Crippen LogP contribution in [0, 0.1) is 12.7 Å². The monoisotopic (exact) mass is 331 g/mol. The maximum atomic E-state index is 13.5. The lowest BCUT2D eigenvalue weighted by atomic mass is 10.2. The average molecular weight is 331 g/mol. The van der Waals surface area contributed by atoms with Gasteiger partial charge < -0.3 is 9.30 Å². The number of hydrogen-bond donors (Lipinski definition) is 0. The first-order chi connectivity index (χ1) is 12.2. The number of benzene rings is 3. The number of aromatic nitrogens is 1. The van der Waals surface area contributed by atoms with Crippen LogP contribution in [0.15, 0.2) is 79.0 Å². The number of fused-ring (bicyclic) bond motifs is 1. The molecule has 2 nitrogen and oxygen atoms in total. The molecule has 0 radical (unpaired) electrons. The molecule has 0 aliphatic heterocycles. The molecule has 0 aliphatic rings. The number of hydrogen-bond acceptors (Lipinski definition) is 1. The zero-order valence-corrected chi connectivity index (χ0v) is 13.9. The molecule has 4 rings (SSSR count). The third-order valence-electron chi connectivity index (χ3n) is 4.33. The molecule has 3 heteroatoms. The molecular weight excluding hydrogens is 313 g/mol. The summed E-state index contributed by atoms with van der Waals surface area (Å²) in [6.45, 7) is 2.32. The highest BCUT2D eigenvalue weighted by molar-refractivity contribution is 5.83. The highest BCUT2D eigenvalue weighted by Gasteiger charge is 2.07. The Balaban J connectivity index is 1.61. The minimum absolute atomic E-state index is 0.184. The average Bonchev–Trinajstić information content (AvgIpc) is 3.06. The first-order valence-electron chi connectivity index (χ1n) is 8.25. The van der Waals surface area contributed by atoms with Crippen molar-refractivity contribution in [2.75, 3.05) is 0 Å². The first-order valence-corrected chi connectivity index (χ1v) is 8.25. The Labute approximate surface area is 146 Å². The summed E-state index contributed by atoms with van der Waals surface area (Å²) in [4.78, 5) is 0. The molecule has 0 aliphatic carbocycles. The van der Waals surface area contributed by atoms with Crippen LogP contribution in [0.2, 0.25) is 0 Å². The van der Waals surface area contributed by atoms with E-state index in [0.29, 0.717) is 12.2 Å². The predicted octanol–water partition coefficient (Wildman–Crippen LogP) is 5.66. The van der Waals surface area contributed by atoms with Crippen LogP contribution in [0.1, 0.15) is 11.1 Å². The molecule has 0 amide bonds. The highest BCUT2D eigenvalue weighted by atomic mass is 19.1. The molecule has 0 spiro atoms. The van der Waals surface area contributed by atoms with E-state index < -0.39 is 0 Å². The van der Waals surface area contributed by atoms with E-state index in [-0.39, 0.29) is 5.82 Å². The Morgan fingerprint density at radius 2 is 1.76 bits per heavy atom. The van der Waals surface area contributed by atoms with Crippen LogP contribution < -0.4 is 4.74 Å². The molecule has 0 bridgehead atoms. The third-order valence-corrected chi connectivity index (χ3v) is 4.33. The van der Waals surface area contributed by atoms with Crippen LogP contribution in [0.4, 0.5) is 4.39 Å². The van der Waals surface area contributed by atoms with Gasteiger partial charge in [-0.25, -0.2) is 4.39 Å². The normalized spacial score (nSPS) is 11.0. The summed E-state index contributed by atoms with van der Waals surface area (Å²) in [5.74, 6) is 0.654. The Kier molecular flexibility index (Phi) is 3.98. The van der Waals surface area contributed by atoms with Crippen LogP contribution in [0.25, 0.3) is 16.6 Å². The number of nitrogens with zero attached hydrogens (tertiary/aromatic N) is 1. The Morgan fingerprint density at radius 3 is 2.56 bits per heavy atom. The second kappa shape index (κ2) is 6.44. The molecule has 4 aromatic rings. The summed E-state index contributed by atoms with van der Waals surface area (Å²) in [6, 6.07) is 23.3. The summed E-state index contributed by atoms with van der Waals surface area (Å²) in [7, 11) is 0. The second-order valence-electron chi connectivity index (χ2n) is 6.11. The van der Waals surface area contributed by atoms with Gasteiger partial charge in [0.15, 0.2) is 0 Å². The van der Waals surface area contributed by atoms with E-state index in [2.05, 4.69) is 4.57 Å². The van der Waals surface area contributed by atoms with Gasteiger partial charge in [-0.1, -0.05) is 30.3 Å². The maximum absolute atomic E-state index is 13.5. The van der Waals surface area contributed by atoms with Crippen molar-refractivity contribution in [3.8, 4) is 11.4 Å². The number of halogens is 1. The van der Waals surface area contributed by atoms with Crippen molar-refractivity contribution < 1.29 is 9.13 Å². The Bertz CT molecular complexity index is 1020. The van der Waals surface area contributed by atoms with Gasteiger partial charge >= 0.3 is 0 Å². The summed E-state index contributed by atoms with van der Waals surface area (Å²) in [5, 5.41) is 1.09. The lowest BCUT2D eigenvalue weighted by Gasteiger charge is -2.09. The minimum atomic E-state index is -0.184. The van der Waals surface area contributed by atoms with Gasteiger partial charge in [0, 0.05) is 17.3 Å². The lowest BCUT2D eigenvalue weighted by molar-refractivity contribution is 0.306. The fourth-order valence-corrected chi connectivity index (χ4v) is 2.96. The van der Waals surface area contributed by atoms with Crippen LogP contribution in [-0.4, -0.2) is 4.57 Å². The van der Waals surface area contributed by atoms with Crippen molar-refractivity contribution in [1.29, 1.82) is 0 Å². The molecule has 0 unspecified atom stereocenters. The van der Waals surface area contributed by atoms with Crippen molar-refractivity contribution in [1.82, 2.24) is 4.57 Å². The fourth-order valence-electron chi connectivity index (χ4n) is 2.96. The molecule has 0 N–H and O–H groups in total. The predicted molar refractivity (Wildman–Crippen MR) is 98.7 cm³/mol. The van der Waals surface area contributed by atoms with Crippen molar-refractivity contribution in [2.45, 2.75) is 13.5 Å². The van der Waals surface area contributed by atoms with Gasteiger partial charge in [-0.15, -0.1) is 0 Å². The lowest BCUT2D eigenvalue weighted by Crippen LogP contribution is -1.96. The molecule has 3 aromatic carbocycles. The van der Waals surface area contributed by atoms with Crippen molar-refractivity contribution >= 4 is 10.9 Å². The van der Waals surface area contributed by atoms with E-state index in [1.165, 1.54) is 6.07 Å². The van der Waals surface area contributed by atoms with Crippen molar-refractivity contribution in [2.24, 2.45) is 0 Å². The topological polar surface area (TPSA) is 14.2 Å². The molecule has 124 valence electrons. The van der Waals surface area contributed by atoms with Gasteiger partial charge in [0.2, 0.25) is 0 Å². The van der Waals surface area contributed by atoms with E-state index in [9.17, 15) is 4.39 Å². The summed E-state index contributed by atoms with van der Waals surface area (Å²) in [5.41, 5.74) is 3.80.